The molecule has 0 aliphatic heterocycles. The molecule has 3 saturated carbocycles. The third kappa shape index (κ3) is 1.75. The molecule has 110 valence electrons. The van der Waals surface area contributed by atoms with Crippen LogP contribution in [0.1, 0.15) is 30.6 Å². The fraction of sp³-hybridized carbons (Fsp3) is 0.588. The summed E-state index contributed by atoms with van der Waals surface area (Å²) in [5.74, 6) is 5.82. The lowest BCUT2D eigenvalue weighted by molar-refractivity contribution is 0.456. The third-order valence-corrected chi connectivity index (χ3v) is 5.97. The first kappa shape index (κ1) is 12.0. The van der Waals surface area contributed by atoms with Gasteiger partial charge in [0.1, 0.15) is 11.5 Å². The Morgan fingerprint density at radius 1 is 1.29 bits per heavy atom. The van der Waals surface area contributed by atoms with Crippen LogP contribution in [0.2, 0.25) is 0 Å². The van der Waals surface area contributed by atoms with Crippen molar-refractivity contribution in [2.24, 2.45) is 23.7 Å². The van der Waals surface area contributed by atoms with Crippen LogP contribution < -0.4 is 5.32 Å². The van der Waals surface area contributed by atoms with Crippen molar-refractivity contribution < 1.29 is 4.42 Å². The van der Waals surface area contributed by atoms with Crippen molar-refractivity contribution in [3.8, 4) is 11.5 Å². The second-order valence-electron chi connectivity index (χ2n) is 7.08. The largest absolute Gasteiger partial charge is 0.460 e. The van der Waals surface area contributed by atoms with Gasteiger partial charge in [0.05, 0.1) is 6.20 Å². The van der Waals surface area contributed by atoms with E-state index in [0.29, 0.717) is 0 Å². The zero-order chi connectivity index (χ0) is 14.0. The molecule has 3 aliphatic rings. The van der Waals surface area contributed by atoms with Crippen molar-refractivity contribution >= 4 is 0 Å². The van der Waals surface area contributed by atoms with Crippen LogP contribution in [0.5, 0.6) is 0 Å². The number of nitrogens with one attached hydrogen (secondary N) is 2. The highest BCUT2D eigenvalue weighted by Crippen LogP contribution is 2.65. The van der Waals surface area contributed by atoms with Gasteiger partial charge in [-0.05, 0) is 62.0 Å². The first-order chi connectivity index (χ1) is 10.3. The zero-order valence-corrected chi connectivity index (χ0v) is 12.3. The fourth-order valence-corrected chi connectivity index (χ4v) is 5.05. The second kappa shape index (κ2) is 4.23. The molecule has 2 aromatic rings. The molecule has 4 nitrogen and oxygen atoms in total. The Balaban J connectivity index is 1.29. The number of hydrogen-bond acceptors (Lipinski definition) is 3. The topological polar surface area (TPSA) is 53.9 Å². The lowest BCUT2D eigenvalue weighted by atomic mass is 10.0. The van der Waals surface area contributed by atoms with Gasteiger partial charge >= 0.3 is 0 Å². The van der Waals surface area contributed by atoms with E-state index >= 15 is 0 Å². The molecule has 21 heavy (non-hydrogen) atoms. The number of furan rings is 1. The molecule has 0 saturated heterocycles. The summed E-state index contributed by atoms with van der Waals surface area (Å²) in [6.07, 6.45) is 6.39. The number of rotatable bonds is 4. The van der Waals surface area contributed by atoms with E-state index in [9.17, 15) is 0 Å². The summed E-state index contributed by atoms with van der Waals surface area (Å²) >= 11 is 0. The molecule has 3 fully saturated rings. The Labute approximate surface area is 124 Å². The molecule has 0 radical (unpaired) electrons. The highest BCUT2D eigenvalue weighted by molar-refractivity contribution is 5.56. The molecule has 3 aliphatic carbocycles. The number of aromatic nitrogens is 2. The molecule has 2 bridgehead atoms. The van der Waals surface area contributed by atoms with Crippen molar-refractivity contribution in [2.75, 3.05) is 0 Å². The minimum Gasteiger partial charge on any atom is -0.460 e. The summed E-state index contributed by atoms with van der Waals surface area (Å²) in [5.41, 5.74) is 2.23. The van der Waals surface area contributed by atoms with E-state index < -0.39 is 0 Å². The van der Waals surface area contributed by atoms with Crippen LogP contribution >= 0.6 is 0 Å². The summed E-state index contributed by atoms with van der Waals surface area (Å²) in [5, 5.41) is 11.0. The predicted molar refractivity (Wildman–Crippen MR) is 79.5 cm³/mol. The van der Waals surface area contributed by atoms with Crippen molar-refractivity contribution in [1.29, 1.82) is 0 Å². The maximum absolute atomic E-state index is 5.71. The molecule has 2 heterocycles. The van der Waals surface area contributed by atoms with E-state index in [1.54, 1.807) is 0 Å². The molecule has 2 N–H and O–H groups in total. The maximum Gasteiger partial charge on any atom is 0.152 e. The van der Waals surface area contributed by atoms with Gasteiger partial charge in [-0.25, -0.2) is 0 Å². The van der Waals surface area contributed by atoms with Gasteiger partial charge in [0, 0.05) is 18.2 Å². The minimum absolute atomic E-state index is 0.761. The molecule has 4 unspecified atom stereocenters. The van der Waals surface area contributed by atoms with E-state index in [1.807, 2.05) is 25.3 Å². The smallest absolute Gasteiger partial charge is 0.152 e. The van der Waals surface area contributed by atoms with E-state index in [4.69, 9.17) is 4.42 Å². The van der Waals surface area contributed by atoms with E-state index in [1.165, 1.54) is 24.8 Å². The molecule has 4 heteroatoms. The molecular formula is C17H21N3O. The highest BCUT2D eigenvalue weighted by Gasteiger charge is 2.64. The van der Waals surface area contributed by atoms with Crippen LogP contribution in [0.25, 0.3) is 11.5 Å². The predicted octanol–water partition coefficient (Wildman–Crippen LogP) is 3.11. The lowest BCUT2D eigenvalue weighted by Crippen LogP contribution is -2.22. The summed E-state index contributed by atoms with van der Waals surface area (Å²) < 4.78 is 5.71. The number of hydrogen-bond donors (Lipinski definition) is 2. The summed E-state index contributed by atoms with van der Waals surface area (Å²) in [7, 11) is 0. The number of aryl methyl sites for hydroxylation is 1. The van der Waals surface area contributed by atoms with Gasteiger partial charge in [-0.2, -0.15) is 5.10 Å². The summed E-state index contributed by atoms with van der Waals surface area (Å²) in [6, 6.07) is 4.77. The average Bonchev–Trinajstić information content (AvgIpc) is 3.02. The Hall–Kier alpha value is -1.55. The van der Waals surface area contributed by atoms with Gasteiger partial charge in [-0.15, -0.1) is 0 Å². The van der Waals surface area contributed by atoms with Crippen LogP contribution in [0.4, 0.5) is 0 Å². The Morgan fingerprint density at radius 2 is 2.10 bits per heavy atom. The van der Waals surface area contributed by atoms with Crippen LogP contribution in [0, 0.1) is 30.6 Å². The van der Waals surface area contributed by atoms with Gasteiger partial charge in [0.25, 0.3) is 0 Å². The highest BCUT2D eigenvalue weighted by atomic mass is 16.3. The monoisotopic (exact) mass is 283 g/mol. The Kier molecular flexibility index (Phi) is 2.42. The SMILES string of the molecule is Cc1ccc(-c2[nH]ncc2CNC2C3C4CCC(C4)C23)o1. The van der Waals surface area contributed by atoms with Gasteiger partial charge in [-0.1, -0.05) is 0 Å². The third-order valence-electron chi connectivity index (χ3n) is 5.97. The minimum atomic E-state index is 0.761. The normalized spacial score (nSPS) is 36.1. The second-order valence-corrected chi connectivity index (χ2v) is 7.08. The Bertz CT molecular complexity index is 657. The van der Waals surface area contributed by atoms with Gasteiger partial charge in [0.15, 0.2) is 5.76 Å². The fourth-order valence-electron chi connectivity index (χ4n) is 5.05. The quantitative estimate of drug-likeness (QED) is 0.906. The Morgan fingerprint density at radius 3 is 2.81 bits per heavy atom. The first-order valence-corrected chi connectivity index (χ1v) is 8.13. The number of aromatic amines is 1. The molecule has 2 aromatic heterocycles. The lowest BCUT2D eigenvalue weighted by Gasteiger charge is -2.10. The van der Waals surface area contributed by atoms with Gasteiger partial charge in [0.2, 0.25) is 0 Å². The average molecular weight is 283 g/mol. The molecular weight excluding hydrogens is 262 g/mol. The molecule has 0 amide bonds. The van der Waals surface area contributed by atoms with E-state index in [2.05, 4.69) is 15.5 Å². The molecule has 5 rings (SSSR count). The summed E-state index contributed by atoms with van der Waals surface area (Å²) in [4.78, 5) is 0. The van der Waals surface area contributed by atoms with E-state index in [0.717, 1.165) is 53.5 Å². The van der Waals surface area contributed by atoms with Gasteiger partial charge in [-0.3, -0.25) is 5.10 Å². The standard InChI is InChI=1S/C17H21N3O/c1-9-2-5-13(21-9)16-12(8-19-20-16)7-18-17-14-10-3-4-11(6-10)15(14)17/h2,5,8,10-11,14-15,17-18H,3-4,6-7H2,1H3,(H,19,20). The molecule has 0 aromatic carbocycles. The van der Waals surface area contributed by atoms with Gasteiger partial charge < -0.3 is 9.73 Å². The summed E-state index contributed by atoms with van der Waals surface area (Å²) in [6.45, 7) is 2.86. The van der Waals surface area contributed by atoms with Crippen LogP contribution in [-0.4, -0.2) is 16.2 Å². The number of fused-ring (bicyclic) bond motifs is 5. The first-order valence-electron chi connectivity index (χ1n) is 8.13. The van der Waals surface area contributed by atoms with Crippen molar-refractivity contribution in [3.05, 3.63) is 29.7 Å². The van der Waals surface area contributed by atoms with Crippen LogP contribution in [-0.2, 0) is 6.54 Å². The van der Waals surface area contributed by atoms with E-state index in [-0.39, 0.29) is 0 Å². The van der Waals surface area contributed by atoms with Crippen LogP contribution in [0.3, 0.4) is 0 Å². The number of H-pyrrole nitrogens is 1. The van der Waals surface area contributed by atoms with Crippen molar-refractivity contribution in [1.82, 2.24) is 15.5 Å². The van der Waals surface area contributed by atoms with Crippen LogP contribution in [0.15, 0.2) is 22.7 Å². The molecule has 0 spiro atoms. The van der Waals surface area contributed by atoms with Crippen molar-refractivity contribution in [3.63, 3.8) is 0 Å². The molecule has 4 atom stereocenters. The number of nitrogens with zero attached hydrogens (tertiary/aromatic N) is 1. The zero-order valence-electron chi connectivity index (χ0n) is 12.3. The maximum atomic E-state index is 5.71. The van der Waals surface area contributed by atoms with Crippen molar-refractivity contribution in [2.45, 2.75) is 38.8 Å².